The lowest BCUT2D eigenvalue weighted by Gasteiger charge is -2.13. The third kappa shape index (κ3) is 4.57. The van der Waals surface area contributed by atoms with Gasteiger partial charge in [-0.15, -0.1) is 0 Å². The van der Waals surface area contributed by atoms with Crippen molar-refractivity contribution in [2.75, 3.05) is 18.9 Å². The molecule has 0 saturated heterocycles. The summed E-state index contributed by atoms with van der Waals surface area (Å²) >= 11 is 0. The fraction of sp³-hybridized carbons (Fsp3) is 0.462. The third-order valence-corrected chi connectivity index (χ3v) is 2.53. The van der Waals surface area contributed by atoms with Crippen LogP contribution in [0.25, 0.3) is 0 Å². The van der Waals surface area contributed by atoms with Crippen LogP contribution in [0.2, 0.25) is 0 Å². The number of anilines is 1. The first kappa shape index (κ1) is 14.9. The molecule has 19 heavy (non-hydrogen) atoms. The predicted octanol–water partition coefficient (Wildman–Crippen LogP) is 0.768. The van der Waals surface area contributed by atoms with Crippen molar-refractivity contribution in [1.82, 2.24) is 15.6 Å². The summed E-state index contributed by atoms with van der Waals surface area (Å²) in [6.07, 6.45) is 0.859. The van der Waals surface area contributed by atoms with E-state index in [9.17, 15) is 9.59 Å². The van der Waals surface area contributed by atoms with E-state index in [2.05, 4.69) is 20.9 Å². The second-order valence-corrected chi connectivity index (χ2v) is 4.14. The molecule has 6 heteroatoms. The smallest absolute Gasteiger partial charge is 0.270 e. The number of rotatable bonds is 6. The van der Waals surface area contributed by atoms with Gasteiger partial charge in [0.1, 0.15) is 17.6 Å². The first-order valence-corrected chi connectivity index (χ1v) is 6.31. The molecule has 1 aromatic heterocycles. The second-order valence-electron chi connectivity index (χ2n) is 4.14. The van der Waals surface area contributed by atoms with Crippen LogP contribution in [0.1, 0.15) is 30.8 Å². The summed E-state index contributed by atoms with van der Waals surface area (Å²) in [5.41, 5.74) is 0.280. The molecule has 0 aliphatic heterocycles. The van der Waals surface area contributed by atoms with Crippen LogP contribution < -0.4 is 16.0 Å². The Morgan fingerprint density at radius 1 is 1.37 bits per heavy atom. The first-order valence-electron chi connectivity index (χ1n) is 6.31. The summed E-state index contributed by atoms with van der Waals surface area (Å²) in [5, 5.41) is 8.20. The van der Waals surface area contributed by atoms with Gasteiger partial charge >= 0.3 is 0 Å². The number of hydrogen-bond acceptors (Lipinski definition) is 4. The molecular weight excluding hydrogens is 244 g/mol. The number of pyridine rings is 1. The summed E-state index contributed by atoms with van der Waals surface area (Å²) in [4.78, 5) is 27.7. The Bertz CT molecular complexity index is 448. The summed E-state index contributed by atoms with van der Waals surface area (Å²) in [5.74, 6) is 0.0481. The lowest BCUT2D eigenvalue weighted by Crippen LogP contribution is -2.45. The third-order valence-electron chi connectivity index (χ3n) is 2.53. The SMILES string of the molecule is CCCNC(=O)C(C)NC(=O)c1cccc(NC)n1. The van der Waals surface area contributed by atoms with E-state index in [4.69, 9.17) is 0 Å². The summed E-state index contributed by atoms with van der Waals surface area (Å²) in [6, 6.07) is 4.51. The number of nitrogens with zero attached hydrogens (tertiary/aromatic N) is 1. The molecule has 0 aliphatic carbocycles. The molecule has 0 aliphatic rings. The predicted molar refractivity (Wildman–Crippen MR) is 74.0 cm³/mol. The molecule has 6 nitrogen and oxygen atoms in total. The van der Waals surface area contributed by atoms with E-state index in [0.717, 1.165) is 6.42 Å². The zero-order valence-corrected chi connectivity index (χ0v) is 11.5. The van der Waals surface area contributed by atoms with Gasteiger partial charge in [0.15, 0.2) is 0 Å². The van der Waals surface area contributed by atoms with E-state index < -0.39 is 6.04 Å². The van der Waals surface area contributed by atoms with Crippen LogP contribution in [-0.4, -0.2) is 36.4 Å². The van der Waals surface area contributed by atoms with Crippen molar-refractivity contribution in [3.05, 3.63) is 23.9 Å². The largest absolute Gasteiger partial charge is 0.373 e. The van der Waals surface area contributed by atoms with Gasteiger partial charge in [-0.1, -0.05) is 13.0 Å². The number of hydrogen-bond donors (Lipinski definition) is 3. The van der Waals surface area contributed by atoms with Crippen molar-refractivity contribution in [1.29, 1.82) is 0 Å². The monoisotopic (exact) mass is 264 g/mol. The molecule has 1 aromatic rings. The van der Waals surface area contributed by atoms with E-state index in [-0.39, 0.29) is 17.5 Å². The fourth-order valence-corrected chi connectivity index (χ4v) is 1.44. The minimum absolute atomic E-state index is 0.194. The Morgan fingerprint density at radius 3 is 2.74 bits per heavy atom. The summed E-state index contributed by atoms with van der Waals surface area (Å²) in [7, 11) is 1.73. The number of carbonyl (C=O) groups excluding carboxylic acids is 2. The Morgan fingerprint density at radius 2 is 2.11 bits per heavy atom. The van der Waals surface area contributed by atoms with Crippen molar-refractivity contribution in [3.63, 3.8) is 0 Å². The molecule has 0 bridgehead atoms. The molecule has 0 aromatic carbocycles. The maximum atomic E-state index is 11.9. The van der Waals surface area contributed by atoms with Crippen molar-refractivity contribution in [2.24, 2.45) is 0 Å². The molecule has 3 N–H and O–H groups in total. The molecule has 104 valence electrons. The average Bonchev–Trinajstić information content (AvgIpc) is 2.44. The lowest BCUT2D eigenvalue weighted by atomic mass is 10.2. The van der Waals surface area contributed by atoms with Gasteiger partial charge in [-0.05, 0) is 25.5 Å². The molecule has 0 fully saturated rings. The van der Waals surface area contributed by atoms with Crippen molar-refractivity contribution in [3.8, 4) is 0 Å². The van der Waals surface area contributed by atoms with Crippen molar-refractivity contribution >= 4 is 17.6 Å². The highest BCUT2D eigenvalue weighted by molar-refractivity contribution is 5.96. The van der Waals surface area contributed by atoms with Gasteiger partial charge in [-0.3, -0.25) is 9.59 Å². The van der Waals surface area contributed by atoms with E-state index in [1.165, 1.54) is 0 Å². The van der Waals surface area contributed by atoms with Crippen LogP contribution in [0.5, 0.6) is 0 Å². The fourth-order valence-electron chi connectivity index (χ4n) is 1.44. The highest BCUT2D eigenvalue weighted by Gasteiger charge is 2.16. The van der Waals surface area contributed by atoms with Crippen LogP contribution in [0.3, 0.4) is 0 Å². The van der Waals surface area contributed by atoms with E-state index in [1.807, 2.05) is 6.92 Å². The molecule has 1 heterocycles. The number of carbonyl (C=O) groups is 2. The maximum absolute atomic E-state index is 11.9. The number of aromatic nitrogens is 1. The van der Waals surface area contributed by atoms with Gasteiger partial charge in [-0.25, -0.2) is 4.98 Å². The molecule has 1 rings (SSSR count). The van der Waals surface area contributed by atoms with Gasteiger partial charge in [-0.2, -0.15) is 0 Å². The average molecular weight is 264 g/mol. The lowest BCUT2D eigenvalue weighted by molar-refractivity contribution is -0.122. The number of nitrogens with one attached hydrogen (secondary N) is 3. The van der Waals surface area contributed by atoms with E-state index in [0.29, 0.717) is 12.4 Å². The topological polar surface area (TPSA) is 83.1 Å². The Balaban J connectivity index is 2.60. The van der Waals surface area contributed by atoms with Gasteiger partial charge < -0.3 is 16.0 Å². The summed E-state index contributed by atoms with van der Waals surface area (Å²) in [6.45, 7) is 4.22. The Kier molecular flexibility index (Phi) is 5.78. The minimum Gasteiger partial charge on any atom is -0.373 e. The molecule has 0 saturated carbocycles. The molecule has 2 amide bonds. The normalized spacial score (nSPS) is 11.5. The quantitative estimate of drug-likeness (QED) is 0.708. The minimum atomic E-state index is -0.584. The maximum Gasteiger partial charge on any atom is 0.270 e. The van der Waals surface area contributed by atoms with E-state index in [1.54, 1.807) is 32.2 Å². The molecular formula is C13H20N4O2. The summed E-state index contributed by atoms with van der Waals surface area (Å²) < 4.78 is 0. The van der Waals surface area contributed by atoms with Crippen LogP contribution in [0.4, 0.5) is 5.82 Å². The van der Waals surface area contributed by atoms with Crippen LogP contribution >= 0.6 is 0 Å². The van der Waals surface area contributed by atoms with Crippen molar-refractivity contribution in [2.45, 2.75) is 26.3 Å². The first-order chi connectivity index (χ1) is 9.08. The van der Waals surface area contributed by atoms with Gasteiger partial charge in [0.25, 0.3) is 5.91 Å². The zero-order valence-electron chi connectivity index (χ0n) is 11.5. The van der Waals surface area contributed by atoms with Crippen LogP contribution in [0, 0.1) is 0 Å². The van der Waals surface area contributed by atoms with Crippen LogP contribution in [0.15, 0.2) is 18.2 Å². The van der Waals surface area contributed by atoms with Crippen molar-refractivity contribution < 1.29 is 9.59 Å². The van der Waals surface area contributed by atoms with Crippen LogP contribution in [-0.2, 0) is 4.79 Å². The van der Waals surface area contributed by atoms with Gasteiger partial charge in [0.2, 0.25) is 5.91 Å². The van der Waals surface area contributed by atoms with Gasteiger partial charge in [0.05, 0.1) is 0 Å². The molecule has 1 atom stereocenters. The molecule has 0 spiro atoms. The standard InChI is InChI=1S/C13H20N4O2/c1-4-8-15-12(18)9(2)16-13(19)10-6-5-7-11(14-3)17-10/h5-7,9H,4,8H2,1-3H3,(H,14,17)(H,15,18)(H,16,19). The zero-order chi connectivity index (χ0) is 14.3. The second kappa shape index (κ2) is 7.35. The Labute approximate surface area is 113 Å². The highest BCUT2D eigenvalue weighted by Crippen LogP contribution is 2.03. The number of amides is 2. The molecule has 0 radical (unpaired) electrons. The van der Waals surface area contributed by atoms with E-state index >= 15 is 0 Å². The highest BCUT2D eigenvalue weighted by atomic mass is 16.2. The molecule has 1 unspecified atom stereocenters. The van der Waals surface area contributed by atoms with Gasteiger partial charge in [0, 0.05) is 13.6 Å². The Hall–Kier alpha value is -2.11.